The molecule has 0 fully saturated rings. The SMILES string of the molecule is Cc1ccc2nsc(NC(=O)CCl)c2c1. The first-order valence-corrected chi connectivity index (χ1v) is 5.73. The lowest BCUT2D eigenvalue weighted by atomic mass is 10.2. The number of carbonyl (C=O) groups is 1. The van der Waals surface area contributed by atoms with Crippen molar-refractivity contribution in [3.05, 3.63) is 23.8 Å². The Bertz CT molecular complexity index is 509. The van der Waals surface area contributed by atoms with Crippen LogP contribution in [0.2, 0.25) is 0 Å². The van der Waals surface area contributed by atoms with Crippen LogP contribution in [0.15, 0.2) is 18.2 Å². The van der Waals surface area contributed by atoms with E-state index in [4.69, 9.17) is 11.6 Å². The fraction of sp³-hybridized carbons (Fsp3) is 0.200. The molecule has 2 rings (SSSR count). The average molecular weight is 241 g/mol. The van der Waals surface area contributed by atoms with Gasteiger partial charge in [0.2, 0.25) is 5.91 Å². The molecule has 1 heterocycles. The number of aryl methyl sites for hydroxylation is 1. The first-order valence-electron chi connectivity index (χ1n) is 4.42. The van der Waals surface area contributed by atoms with Crippen molar-refractivity contribution in [1.29, 1.82) is 0 Å². The Labute approximate surface area is 96.2 Å². The summed E-state index contributed by atoms with van der Waals surface area (Å²) in [5.41, 5.74) is 2.04. The zero-order chi connectivity index (χ0) is 10.8. The second kappa shape index (κ2) is 4.16. The van der Waals surface area contributed by atoms with Gasteiger partial charge in [0.25, 0.3) is 0 Å². The Kier molecular flexibility index (Phi) is 2.88. The molecule has 1 amide bonds. The second-order valence-corrected chi connectivity index (χ2v) is 4.25. The Morgan fingerprint density at radius 3 is 3.13 bits per heavy atom. The van der Waals surface area contributed by atoms with Crippen LogP contribution < -0.4 is 5.32 Å². The van der Waals surface area contributed by atoms with Gasteiger partial charge in [-0.1, -0.05) is 11.6 Å². The number of fused-ring (bicyclic) bond motifs is 1. The van der Waals surface area contributed by atoms with Crippen molar-refractivity contribution in [3.63, 3.8) is 0 Å². The minimum atomic E-state index is -0.205. The number of anilines is 1. The van der Waals surface area contributed by atoms with E-state index < -0.39 is 0 Å². The summed E-state index contributed by atoms with van der Waals surface area (Å²) in [6.45, 7) is 2.00. The fourth-order valence-corrected chi connectivity index (χ4v) is 2.14. The molecule has 0 radical (unpaired) electrons. The summed E-state index contributed by atoms with van der Waals surface area (Å²) in [5, 5.41) is 4.46. The molecule has 0 aliphatic heterocycles. The monoisotopic (exact) mass is 240 g/mol. The van der Waals surface area contributed by atoms with Gasteiger partial charge >= 0.3 is 0 Å². The number of nitrogens with zero attached hydrogens (tertiary/aromatic N) is 1. The van der Waals surface area contributed by atoms with Gasteiger partial charge in [-0.15, -0.1) is 11.6 Å². The van der Waals surface area contributed by atoms with E-state index in [0.29, 0.717) is 0 Å². The van der Waals surface area contributed by atoms with Crippen molar-refractivity contribution < 1.29 is 4.79 Å². The van der Waals surface area contributed by atoms with Gasteiger partial charge in [0.1, 0.15) is 10.9 Å². The molecule has 78 valence electrons. The lowest BCUT2D eigenvalue weighted by Gasteiger charge is -1.99. The van der Waals surface area contributed by atoms with E-state index in [2.05, 4.69) is 9.69 Å². The predicted octanol–water partition coefficient (Wildman–Crippen LogP) is 2.78. The molecule has 0 aliphatic carbocycles. The van der Waals surface area contributed by atoms with Crippen LogP contribution in [0.3, 0.4) is 0 Å². The number of halogens is 1. The smallest absolute Gasteiger partial charge is 0.239 e. The van der Waals surface area contributed by atoms with Crippen LogP contribution in [-0.4, -0.2) is 16.2 Å². The third-order valence-electron chi connectivity index (χ3n) is 2.01. The number of carbonyl (C=O) groups excluding carboxylic acids is 1. The number of hydrogen-bond acceptors (Lipinski definition) is 3. The van der Waals surface area contributed by atoms with Crippen LogP contribution in [0.5, 0.6) is 0 Å². The highest BCUT2D eigenvalue weighted by molar-refractivity contribution is 7.12. The predicted molar refractivity (Wildman–Crippen MR) is 63.7 cm³/mol. The molecule has 0 saturated carbocycles. The molecule has 15 heavy (non-hydrogen) atoms. The van der Waals surface area contributed by atoms with E-state index in [1.165, 1.54) is 11.5 Å². The van der Waals surface area contributed by atoms with Crippen LogP contribution in [0.1, 0.15) is 5.56 Å². The summed E-state index contributed by atoms with van der Waals surface area (Å²) in [5.74, 6) is -0.241. The largest absolute Gasteiger partial charge is 0.315 e. The van der Waals surface area contributed by atoms with Crippen LogP contribution >= 0.6 is 23.1 Å². The van der Waals surface area contributed by atoms with Crippen molar-refractivity contribution in [2.45, 2.75) is 6.92 Å². The van der Waals surface area contributed by atoms with E-state index in [-0.39, 0.29) is 11.8 Å². The summed E-state index contributed by atoms with van der Waals surface area (Å²) in [4.78, 5) is 11.1. The van der Waals surface area contributed by atoms with E-state index in [1.54, 1.807) is 0 Å². The number of amides is 1. The molecule has 0 saturated heterocycles. The first kappa shape index (κ1) is 10.4. The molecular formula is C10H9ClN2OS. The minimum Gasteiger partial charge on any atom is -0.315 e. The maximum absolute atomic E-state index is 11.1. The van der Waals surface area contributed by atoms with Crippen LogP contribution in [0.25, 0.3) is 10.9 Å². The number of benzene rings is 1. The third kappa shape index (κ3) is 2.11. The molecular weight excluding hydrogens is 232 g/mol. The summed E-state index contributed by atoms with van der Waals surface area (Å²) in [6.07, 6.45) is 0. The molecule has 1 aromatic carbocycles. The van der Waals surface area contributed by atoms with Gasteiger partial charge in [-0.05, 0) is 30.6 Å². The topological polar surface area (TPSA) is 42.0 Å². The van der Waals surface area contributed by atoms with Gasteiger partial charge in [-0.25, -0.2) is 0 Å². The normalized spacial score (nSPS) is 10.5. The van der Waals surface area contributed by atoms with E-state index in [1.807, 2.05) is 25.1 Å². The van der Waals surface area contributed by atoms with Crippen LogP contribution in [0, 0.1) is 6.92 Å². The van der Waals surface area contributed by atoms with Gasteiger partial charge in [-0.3, -0.25) is 4.79 Å². The van der Waals surface area contributed by atoms with Crippen molar-refractivity contribution in [2.24, 2.45) is 0 Å². The molecule has 1 N–H and O–H groups in total. The second-order valence-electron chi connectivity index (χ2n) is 3.21. The minimum absolute atomic E-state index is 0.0365. The van der Waals surface area contributed by atoms with Gasteiger partial charge in [0, 0.05) is 5.39 Å². The van der Waals surface area contributed by atoms with Crippen molar-refractivity contribution in [1.82, 2.24) is 4.37 Å². The lowest BCUT2D eigenvalue weighted by Crippen LogP contribution is -2.11. The lowest BCUT2D eigenvalue weighted by molar-refractivity contribution is -0.113. The molecule has 0 bridgehead atoms. The van der Waals surface area contributed by atoms with Crippen LogP contribution in [0.4, 0.5) is 5.00 Å². The van der Waals surface area contributed by atoms with Crippen LogP contribution in [-0.2, 0) is 4.79 Å². The number of alkyl halides is 1. The summed E-state index contributed by atoms with van der Waals surface area (Å²) in [7, 11) is 0. The molecule has 2 aromatic rings. The maximum atomic E-state index is 11.1. The van der Waals surface area contributed by atoms with Crippen molar-refractivity contribution >= 4 is 44.9 Å². The van der Waals surface area contributed by atoms with E-state index >= 15 is 0 Å². The zero-order valence-corrected chi connectivity index (χ0v) is 9.65. The van der Waals surface area contributed by atoms with Gasteiger partial charge < -0.3 is 5.32 Å². The molecule has 0 atom stereocenters. The Morgan fingerprint density at radius 2 is 2.40 bits per heavy atom. The number of hydrogen-bond donors (Lipinski definition) is 1. The summed E-state index contributed by atoms with van der Waals surface area (Å²) < 4.78 is 4.23. The Hall–Kier alpha value is -1.13. The average Bonchev–Trinajstić information content (AvgIpc) is 2.61. The molecule has 0 spiro atoms. The highest BCUT2D eigenvalue weighted by atomic mass is 35.5. The highest BCUT2D eigenvalue weighted by Crippen LogP contribution is 2.28. The molecule has 1 aromatic heterocycles. The van der Waals surface area contributed by atoms with Gasteiger partial charge in [0.05, 0.1) is 5.52 Å². The van der Waals surface area contributed by atoms with Gasteiger partial charge in [0.15, 0.2) is 0 Å². The third-order valence-corrected chi connectivity index (χ3v) is 3.04. The standard InChI is InChI=1S/C10H9ClN2OS/c1-6-2-3-8-7(4-6)10(15-13-8)12-9(14)5-11/h2-4H,5H2,1H3,(H,12,14). The van der Waals surface area contributed by atoms with Crippen molar-refractivity contribution in [3.8, 4) is 0 Å². The molecule has 3 nitrogen and oxygen atoms in total. The Morgan fingerprint density at radius 1 is 1.60 bits per heavy atom. The number of rotatable bonds is 2. The maximum Gasteiger partial charge on any atom is 0.239 e. The molecule has 0 aliphatic rings. The van der Waals surface area contributed by atoms with Gasteiger partial charge in [-0.2, -0.15) is 4.37 Å². The molecule has 0 unspecified atom stereocenters. The summed E-state index contributed by atoms with van der Waals surface area (Å²) in [6, 6.07) is 5.94. The van der Waals surface area contributed by atoms with E-state index in [9.17, 15) is 4.79 Å². The number of aromatic nitrogens is 1. The fourth-order valence-electron chi connectivity index (χ4n) is 1.31. The van der Waals surface area contributed by atoms with Crippen molar-refractivity contribution in [2.75, 3.05) is 11.2 Å². The quantitative estimate of drug-likeness (QED) is 0.821. The molecule has 5 heteroatoms. The first-order chi connectivity index (χ1) is 7.20. The number of nitrogens with one attached hydrogen (secondary N) is 1. The highest BCUT2D eigenvalue weighted by Gasteiger charge is 2.08. The summed E-state index contributed by atoms with van der Waals surface area (Å²) >= 11 is 6.70. The zero-order valence-electron chi connectivity index (χ0n) is 8.08. The Balaban J connectivity index is 2.43. The van der Waals surface area contributed by atoms with E-state index in [0.717, 1.165) is 21.5 Å².